The predicted octanol–water partition coefficient (Wildman–Crippen LogP) is 4.18. The van der Waals surface area contributed by atoms with Crippen molar-refractivity contribution in [2.45, 2.75) is 36.1 Å². The molecule has 1 unspecified atom stereocenters. The molecule has 1 saturated heterocycles. The fourth-order valence-corrected chi connectivity index (χ4v) is 7.92. The van der Waals surface area contributed by atoms with E-state index in [2.05, 4.69) is 31.9 Å². The zero-order valence-electron chi connectivity index (χ0n) is 16.8. The van der Waals surface area contributed by atoms with Gasteiger partial charge in [-0.25, -0.2) is 13.9 Å². The molecule has 0 saturated carbocycles. The maximum Gasteiger partial charge on any atom is 0.263 e. The van der Waals surface area contributed by atoms with Crippen LogP contribution in [0.5, 0.6) is 5.75 Å². The number of hydroxylamine groups is 1. The second-order valence-electron chi connectivity index (χ2n) is 7.48. The van der Waals surface area contributed by atoms with Crippen molar-refractivity contribution < 1.29 is 23.2 Å². The van der Waals surface area contributed by atoms with Gasteiger partial charge in [-0.15, -0.1) is 0 Å². The minimum Gasteiger partial charge on any atom is -0.489 e. The number of thioether (sulfide) groups is 1. The Morgan fingerprint density at radius 1 is 1.23 bits per heavy atom. The number of nitrogens with one attached hydrogen (secondary N) is 1. The van der Waals surface area contributed by atoms with E-state index in [1.165, 1.54) is 23.9 Å². The van der Waals surface area contributed by atoms with Gasteiger partial charge in [0.25, 0.3) is 5.91 Å². The maximum absolute atomic E-state index is 13.3. The highest BCUT2D eigenvalue weighted by Crippen LogP contribution is 2.38. The Hall–Kier alpha value is -1.11. The van der Waals surface area contributed by atoms with Crippen LogP contribution in [-0.4, -0.2) is 46.9 Å². The fraction of sp³-hybridized carbons (Fsp3) is 0.350. The Morgan fingerprint density at radius 2 is 1.84 bits per heavy atom. The number of halogens is 2. The Kier molecular flexibility index (Phi) is 7.75. The summed E-state index contributed by atoms with van der Waals surface area (Å²) in [5.74, 6) is 0.320. The van der Waals surface area contributed by atoms with Crippen LogP contribution in [0.2, 0.25) is 0 Å². The van der Waals surface area contributed by atoms with Crippen LogP contribution in [0.3, 0.4) is 0 Å². The van der Waals surface area contributed by atoms with Crippen molar-refractivity contribution in [2.75, 3.05) is 12.3 Å². The Bertz CT molecular complexity index is 1040. The summed E-state index contributed by atoms with van der Waals surface area (Å²) in [4.78, 5) is 12.3. The number of sulfonamides is 1. The third-order valence-electron chi connectivity index (χ3n) is 4.85. The lowest BCUT2D eigenvalue weighted by atomic mass is 10.0. The first kappa shape index (κ1) is 24.5. The van der Waals surface area contributed by atoms with E-state index in [9.17, 15) is 13.2 Å². The van der Waals surface area contributed by atoms with Gasteiger partial charge in [0.2, 0.25) is 10.0 Å². The number of hydrogen-bond acceptors (Lipinski definition) is 6. The zero-order chi connectivity index (χ0) is 22.8. The van der Waals surface area contributed by atoms with Crippen LogP contribution in [-0.2, 0) is 21.4 Å². The first-order valence-electron chi connectivity index (χ1n) is 9.32. The van der Waals surface area contributed by atoms with Gasteiger partial charge in [0.15, 0.2) is 0 Å². The second kappa shape index (κ2) is 9.80. The summed E-state index contributed by atoms with van der Waals surface area (Å²) in [7, 11) is -3.95. The summed E-state index contributed by atoms with van der Waals surface area (Å²) in [6.45, 7) is 4.07. The van der Waals surface area contributed by atoms with Crippen molar-refractivity contribution in [2.24, 2.45) is 0 Å². The van der Waals surface area contributed by atoms with Crippen molar-refractivity contribution in [3.8, 4) is 5.75 Å². The van der Waals surface area contributed by atoms with Gasteiger partial charge in [-0.1, -0.05) is 31.9 Å². The van der Waals surface area contributed by atoms with Crippen molar-refractivity contribution >= 4 is 59.6 Å². The topological polar surface area (TPSA) is 95.9 Å². The molecule has 0 spiro atoms. The summed E-state index contributed by atoms with van der Waals surface area (Å²) in [5, 5.41) is 9.14. The zero-order valence-corrected chi connectivity index (χ0v) is 21.6. The largest absolute Gasteiger partial charge is 0.489 e. The van der Waals surface area contributed by atoms with E-state index in [4.69, 9.17) is 9.94 Å². The van der Waals surface area contributed by atoms with Gasteiger partial charge in [0.05, 0.1) is 4.90 Å². The lowest BCUT2D eigenvalue weighted by molar-refractivity contribution is -0.134. The molecule has 3 rings (SSSR count). The number of hydrogen-bond donors (Lipinski definition) is 2. The van der Waals surface area contributed by atoms with Gasteiger partial charge in [-0.2, -0.15) is 16.1 Å². The normalized spacial score (nSPS) is 19.1. The Labute approximate surface area is 202 Å². The minimum atomic E-state index is -3.95. The Morgan fingerprint density at radius 3 is 2.42 bits per heavy atom. The Balaban J connectivity index is 1.79. The van der Waals surface area contributed by atoms with E-state index in [1.54, 1.807) is 31.5 Å². The van der Waals surface area contributed by atoms with E-state index >= 15 is 0 Å². The fourth-order valence-electron chi connectivity index (χ4n) is 3.42. The van der Waals surface area contributed by atoms with Crippen molar-refractivity contribution in [1.82, 2.24) is 9.79 Å². The molecule has 2 aromatic carbocycles. The van der Waals surface area contributed by atoms with E-state index in [0.29, 0.717) is 18.1 Å². The van der Waals surface area contributed by atoms with E-state index in [-0.39, 0.29) is 11.4 Å². The number of carbonyl (C=O) groups excluding carboxylic acids is 1. The monoisotopic (exact) mass is 592 g/mol. The molecule has 1 aliphatic heterocycles. The summed E-state index contributed by atoms with van der Waals surface area (Å²) in [6, 6.07) is 10.9. The summed E-state index contributed by atoms with van der Waals surface area (Å²) in [5.41, 5.74) is 2.56. The standard InChI is InChI=1S/C20H22Br2N2O5S2/c1-20(2)18(19(25)23-26)24(7-8-30-20)31(27,28)17-5-3-16(4-6-17)29-12-13-9-14(21)11-15(22)10-13/h3-6,9-11,18,26H,7-8,12H2,1-2H3,(H,23,25). The molecule has 1 heterocycles. The summed E-state index contributed by atoms with van der Waals surface area (Å²) in [6.07, 6.45) is 0. The molecule has 2 aromatic rings. The number of carbonyl (C=O) groups is 1. The third-order valence-corrected chi connectivity index (χ3v) is 9.00. The minimum absolute atomic E-state index is 0.0588. The lowest BCUT2D eigenvalue weighted by Crippen LogP contribution is -2.61. The van der Waals surface area contributed by atoms with Crippen LogP contribution in [0.1, 0.15) is 19.4 Å². The smallest absolute Gasteiger partial charge is 0.263 e. The van der Waals surface area contributed by atoms with Crippen LogP contribution < -0.4 is 10.2 Å². The molecular weight excluding hydrogens is 572 g/mol. The SMILES string of the molecule is CC1(C)SCCN(S(=O)(=O)c2ccc(OCc3cc(Br)cc(Br)c3)cc2)C1C(=O)NO. The highest BCUT2D eigenvalue weighted by Gasteiger charge is 2.48. The molecule has 168 valence electrons. The molecule has 2 N–H and O–H groups in total. The van der Waals surface area contributed by atoms with Crippen LogP contribution in [0.25, 0.3) is 0 Å². The van der Waals surface area contributed by atoms with Crippen molar-refractivity contribution in [3.63, 3.8) is 0 Å². The molecule has 0 bridgehead atoms. The van der Waals surface area contributed by atoms with Gasteiger partial charge >= 0.3 is 0 Å². The molecule has 1 aliphatic rings. The molecular formula is C20H22Br2N2O5S2. The highest BCUT2D eigenvalue weighted by molar-refractivity contribution is 9.11. The van der Waals surface area contributed by atoms with Gasteiger partial charge in [-0.05, 0) is 61.9 Å². The third kappa shape index (κ3) is 5.63. The number of ether oxygens (including phenoxy) is 1. The number of rotatable bonds is 6. The number of amides is 1. The van der Waals surface area contributed by atoms with E-state index < -0.39 is 26.7 Å². The molecule has 0 aliphatic carbocycles. The van der Waals surface area contributed by atoms with Gasteiger partial charge in [-0.3, -0.25) is 10.0 Å². The van der Waals surface area contributed by atoms with E-state index in [1.807, 2.05) is 18.2 Å². The van der Waals surface area contributed by atoms with Gasteiger partial charge < -0.3 is 4.74 Å². The molecule has 0 aromatic heterocycles. The van der Waals surface area contributed by atoms with Crippen molar-refractivity contribution in [3.05, 3.63) is 57.0 Å². The number of nitrogens with zero attached hydrogens (tertiary/aromatic N) is 1. The molecule has 1 fully saturated rings. The number of benzene rings is 2. The molecule has 31 heavy (non-hydrogen) atoms. The van der Waals surface area contributed by atoms with Gasteiger partial charge in [0.1, 0.15) is 18.4 Å². The van der Waals surface area contributed by atoms with Crippen LogP contribution in [0, 0.1) is 0 Å². The molecule has 0 radical (unpaired) electrons. The van der Waals surface area contributed by atoms with E-state index in [0.717, 1.165) is 18.8 Å². The predicted molar refractivity (Wildman–Crippen MR) is 127 cm³/mol. The van der Waals surface area contributed by atoms with Gasteiger partial charge in [0, 0.05) is 26.0 Å². The molecule has 1 atom stereocenters. The average molecular weight is 594 g/mol. The van der Waals surface area contributed by atoms with Crippen LogP contribution in [0.4, 0.5) is 0 Å². The highest BCUT2D eigenvalue weighted by atomic mass is 79.9. The first-order chi connectivity index (χ1) is 14.5. The van der Waals surface area contributed by atoms with Crippen molar-refractivity contribution in [1.29, 1.82) is 0 Å². The molecule has 1 amide bonds. The summed E-state index contributed by atoms with van der Waals surface area (Å²) >= 11 is 8.36. The quantitative estimate of drug-likeness (QED) is 0.385. The first-order valence-corrected chi connectivity index (χ1v) is 13.3. The lowest BCUT2D eigenvalue weighted by Gasteiger charge is -2.43. The van der Waals surface area contributed by atoms with Crippen LogP contribution >= 0.6 is 43.6 Å². The summed E-state index contributed by atoms with van der Waals surface area (Å²) < 4.78 is 34.6. The molecule has 11 heteroatoms. The maximum atomic E-state index is 13.3. The second-order valence-corrected chi connectivity index (χ2v) is 13.0. The molecule has 7 nitrogen and oxygen atoms in total. The average Bonchev–Trinajstić information content (AvgIpc) is 2.70. The van der Waals surface area contributed by atoms with Crippen LogP contribution in [0.15, 0.2) is 56.3 Å².